The van der Waals surface area contributed by atoms with Crippen molar-refractivity contribution >= 4 is 22.0 Å². The third-order valence-corrected chi connectivity index (χ3v) is 6.21. The third-order valence-electron chi connectivity index (χ3n) is 4.20. The van der Waals surface area contributed by atoms with Crippen LogP contribution in [-0.4, -0.2) is 63.2 Å². The Bertz CT molecular complexity index is 992. The van der Waals surface area contributed by atoms with Crippen LogP contribution < -0.4 is 0 Å². The van der Waals surface area contributed by atoms with Crippen LogP contribution in [0, 0.1) is 0 Å². The van der Waals surface area contributed by atoms with Crippen molar-refractivity contribution in [2.75, 3.05) is 6.54 Å². The molecule has 1 atom stereocenters. The second-order valence-electron chi connectivity index (χ2n) is 6.26. The first-order chi connectivity index (χ1) is 13.9. The minimum Gasteiger partial charge on any atom is -0.480 e. The van der Waals surface area contributed by atoms with Gasteiger partial charge in [0.05, 0.1) is 11.2 Å². The minimum atomic E-state index is -5.08. The molecule has 9 nitrogen and oxygen atoms in total. The number of sulfonamides is 1. The van der Waals surface area contributed by atoms with E-state index in [-0.39, 0.29) is 11.4 Å². The molecule has 1 aliphatic heterocycles. The molecule has 13 heteroatoms. The summed E-state index contributed by atoms with van der Waals surface area (Å²) in [5, 5.41) is 16.4. The van der Waals surface area contributed by atoms with Gasteiger partial charge in [0, 0.05) is 25.5 Å². The van der Waals surface area contributed by atoms with E-state index in [1.807, 2.05) is 0 Å². The highest BCUT2D eigenvalue weighted by Crippen LogP contribution is 2.28. The van der Waals surface area contributed by atoms with E-state index in [0.717, 1.165) is 4.31 Å². The number of aromatic nitrogens is 2. The van der Waals surface area contributed by atoms with Gasteiger partial charge in [-0.15, -0.1) is 0 Å². The molecule has 0 unspecified atom stereocenters. The monoisotopic (exact) mass is 449 g/mol. The van der Waals surface area contributed by atoms with E-state index in [4.69, 9.17) is 9.90 Å². The van der Waals surface area contributed by atoms with Crippen LogP contribution in [0.25, 0.3) is 0 Å². The molecule has 1 aromatic heterocycles. The number of benzene rings is 1. The number of carboxylic acids is 2. The molecule has 30 heavy (non-hydrogen) atoms. The quantitative estimate of drug-likeness (QED) is 0.712. The first-order valence-electron chi connectivity index (χ1n) is 8.53. The fourth-order valence-electron chi connectivity index (χ4n) is 2.86. The van der Waals surface area contributed by atoms with Crippen molar-refractivity contribution in [3.63, 3.8) is 0 Å². The van der Waals surface area contributed by atoms with Crippen LogP contribution in [0.4, 0.5) is 13.2 Å². The van der Waals surface area contributed by atoms with Crippen molar-refractivity contribution in [3.8, 4) is 0 Å². The molecule has 0 aliphatic carbocycles. The highest BCUT2D eigenvalue weighted by atomic mass is 32.2. The Kier molecular flexibility index (Phi) is 7.21. The standard InChI is InChI=1S/C15H17N3O4S.C2HF3O2/c19-15(20)13-5-3-8-18(13)23(21,22)14-6-2-1-4-12(14)10-17-9-7-16-11-17;3-2(4,5)1(6)7/h1-2,4,6-7,9,11,13H,3,5,8,10H2,(H,19,20);(H,6,7)/t13-;/m1./s1. The predicted molar refractivity (Wildman–Crippen MR) is 96.0 cm³/mol. The fraction of sp³-hybridized carbons (Fsp3) is 0.353. The summed E-state index contributed by atoms with van der Waals surface area (Å²) in [6, 6.07) is 5.69. The van der Waals surface area contributed by atoms with Gasteiger partial charge in [-0.3, -0.25) is 4.79 Å². The molecule has 164 valence electrons. The number of nitrogens with zero attached hydrogens (tertiary/aromatic N) is 3. The van der Waals surface area contributed by atoms with Crippen LogP contribution in [0.5, 0.6) is 0 Å². The minimum absolute atomic E-state index is 0.154. The smallest absolute Gasteiger partial charge is 0.480 e. The fourth-order valence-corrected chi connectivity index (χ4v) is 4.73. The third kappa shape index (κ3) is 5.57. The van der Waals surface area contributed by atoms with Crippen LogP contribution in [0.3, 0.4) is 0 Å². The van der Waals surface area contributed by atoms with Gasteiger partial charge in [-0.05, 0) is 24.5 Å². The van der Waals surface area contributed by atoms with Gasteiger partial charge in [0.1, 0.15) is 6.04 Å². The molecule has 3 rings (SSSR count). The van der Waals surface area contributed by atoms with Gasteiger partial charge in [-0.25, -0.2) is 18.2 Å². The maximum absolute atomic E-state index is 12.9. The van der Waals surface area contributed by atoms with E-state index >= 15 is 0 Å². The molecular formula is C17H18F3N3O6S. The summed E-state index contributed by atoms with van der Waals surface area (Å²) in [6.07, 6.45) is 0.800. The van der Waals surface area contributed by atoms with E-state index in [2.05, 4.69) is 4.98 Å². The summed E-state index contributed by atoms with van der Waals surface area (Å²) in [5.41, 5.74) is 0.613. The van der Waals surface area contributed by atoms with E-state index < -0.39 is 34.2 Å². The van der Waals surface area contributed by atoms with Gasteiger partial charge < -0.3 is 14.8 Å². The molecule has 1 aromatic carbocycles. The van der Waals surface area contributed by atoms with Crippen molar-refractivity contribution < 1.29 is 41.4 Å². The van der Waals surface area contributed by atoms with Crippen LogP contribution in [-0.2, 0) is 26.2 Å². The number of alkyl halides is 3. The Labute approximate surface area is 169 Å². The van der Waals surface area contributed by atoms with Gasteiger partial charge in [0.15, 0.2) is 0 Å². The molecule has 0 spiro atoms. The Balaban J connectivity index is 0.000000396. The lowest BCUT2D eigenvalue weighted by atomic mass is 10.2. The molecule has 1 saturated heterocycles. The van der Waals surface area contributed by atoms with E-state index in [0.29, 0.717) is 24.9 Å². The molecule has 2 aromatic rings. The van der Waals surface area contributed by atoms with E-state index in [1.54, 1.807) is 41.5 Å². The van der Waals surface area contributed by atoms with Crippen LogP contribution in [0.2, 0.25) is 0 Å². The summed E-state index contributed by atoms with van der Waals surface area (Å²) in [5.74, 6) is -3.86. The SMILES string of the molecule is O=C(O)C(F)(F)F.O=C(O)[C@H]1CCCN1S(=O)(=O)c1ccccc1Cn1ccnc1. The second-order valence-corrected chi connectivity index (χ2v) is 8.12. The largest absolute Gasteiger partial charge is 0.490 e. The zero-order valence-corrected chi connectivity index (χ0v) is 16.2. The van der Waals surface area contributed by atoms with Crippen LogP contribution in [0.1, 0.15) is 18.4 Å². The summed E-state index contributed by atoms with van der Waals surface area (Å²) in [6.45, 7) is 0.597. The van der Waals surface area contributed by atoms with Crippen molar-refractivity contribution in [2.45, 2.75) is 36.5 Å². The number of hydrogen-bond acceptors (Lipinski definition) is 5. The molecule has 0 radical (unpaired) electrons. The number of carboxylic acid groups (broad SMARTS) is 2. The highest BCUT2D eigenvalue weighted by Gasteiger charge is 2.40. The number of aliphatic carboxylic acids is 2. The lowest BCUT2D eigenvalue weighted by Crippen LogP contribution is -2.40. The second kappa shape index (κ2) is 9.26. The molecule has 0 saturated carbocycles. The highest BCUT2D eigenvalue weighted by molar-refractivity contribution is 7.89. The summed E-state index contributed by atoms with van der Waals surface area (Å²) in [4.78, 5) is 24.3. The Morgan fingerprint density at radius 1 is 1.20 bits per heavy atom. The number of halogens is 3. The number of hydrogen-bond donors (Lipinski definition) is 2. The van der Waals surface area contributed by atoms with Gasteiger partial charge in [0.2, 0.25) is 10.0 Å². The first-order valence-corrected chi connectivity index (χ1v) is 9.97. The maximum atomic E-state index is 12.9. The van der Waals surface area contributed by atoms with Crippen molar-refractivity contribution in [3.05, 3.63) is 48.5 Å². The average molecular weight is 449 g/mol. The summed E-state index contributed by atoms with van der Waals surface area (Å²) in [7, 11) is -3.85. The van der Waals surface area contributed by atoms with Gasteiger partial charge in [0.25, 0.3) is 0 Å². The Morgan fingerprint density at radius 3 is 2.37 bits per heavy atom. The molecule has 1 fully saturated rings. The van der Waals surface area contributed by atoms with Crippen molar-refractivity contribution in [1.82, 2.24) is 13.9 Å². The van der Waals surface area contributed by atoms with Crippen LogP contribution in [0.15, 0.2) is 47.9 Å². The molecule has 1 aliphatic rings. The zero-order chi connectivity index (χ0) is 22.5. The van der Waals surface area contributed by atoms with Gasteiger partial charge >= 0.3 is 18.1 Å². The van der Waals surface area contributed by atoms with Crippen molar-refractivity contribution in [2.24, 2.45) is 0 Å². The molecule has 2 N–H and O–H groups in total. The molecule has 2 heterocycles. The predicted octanol–water partition coefficient (Wildman–Crippen LogP) is 1.80. The van der Waals surface area contributed by atoms with Crippen LogP contribution >= 0.6 is 0 Å². The molecular weight excluding hydrogens is 431 g/mol. The molecule has 0 amide bonds. The Morgan fingerprint density at radius 2 is 1.83 bits per heavy atom. The maximum Gasteiger partial charge on any atom is 0.490 e. The lowest BCUT2D eigenvalue weighted by molar-refractivity contribution is -0.192. The molecule has 0 bridgehead atoms. The summed E-state index contributed by atoms with van der Waals surface area (Å²) < 4.78 is 60.5. The first kappa shape index (κ1) is 23.3. The van der Waals surface area contributed by atoms with Gasteiger partial charge in [-0.2, -0.15) is 17.5 Å². The Hall–Kier alpha value is -2.93. The van der Waals surface area contributed by atoms with E-state index in [1.165, 1.54) is 6.07 Å². The number of imidazole rings is 1. The average Bonchev–Trinajstić information content (AvgIpc) is 3.33. The van der Waals surface area contributed by atoms with Crippen molar-refractivity contribution in [1.29, 1.82) is 0 Å². The summed E-state index contributed by atoms with van der Waals surface area (Å²) >= 11 is 0. The number of carbonyl (C=O) groups is 2. The number of rotatable bonds is 5. The lowest BCUT2D eigenvalue weighted by Gasteiger charge is -2.22. The van der Waals surface area contributed by atoms with Gasteiger partial charge in [-0.1, -0.05) is 18.2 Å². The van der Waals surface area contributed by atoms with E-state index in [9.17, 15) is 31.5 Å². The topological polar surface area (TPSA) is 130 Å². The normalized spacial score (nSPS) is 17.2. The zero-order valence-electron chi connectivity index (χ0n) is 15.4.